The van der Waals surface area contributed by atoms with Crippen LogP contribution in [0.4, 0.5) is 0 Å². The monoisotopic (exact) mass is 276 g/mol. The van der Waals surface area contributed by atoms with Crippen LogP contribution in [0.2, 0.25) is 0 Å². The van der Waals surface area contributed by atoms with Gasteiger partial charge in [-0.3, -0.25) is 4.79 Å². The lowest BCUT2D eigenvalue weighted by Crippen LogP contribution is -2.32. The first-order valence-corrected chi connectivity index (χ1v) is 7.27. The molecule has 1 fully saturated rings. The molecule has 1 aromatic rings. The minimum Gasteiger partial charge on any atom is -0.496 e. The van der Waals surface area contributed by atoms with E-state index < -0.39 is 0 Å². The number of benzene rings is 1. The number of nitrogens with zero attached hydrogens (tertiary/aromatic N) is 1. The average Bonchev–Trinajstić information content (AvgIpc) is 2.80. The van der Waals surface area contributed by atoms with Gasteiger partial charge in [0.1, 0.15) is 5.75 Å². The topological polar surface area (TPSA) is 55.6 Å². The molecule has 1 amide bonds. The van der Waals surface area contributed by atoms with Crippen molar-refractivity contribution in [2.24, 2.45) is 11.7 Å². The minimum absolute atomic E-state index is 0.0652. The fourth-order valence-corrected chi connectivity index (χ4v) is 2.98. The van der Waals surface area contributed by atoms with Crippen LogP contribution in [0, 0.1) is 12.8 Å². The van der Waals surface area contributed by atoms with Gasteiger partial charge < -0.3 is 15.4 Å². The van der Waals surface area contributed by atoms with Gasteiger partial charge in [0.15, 0.2) is 0 Å². The SMILES string of the molecule is CCC[C@H]1CN(C(=O)c2cccc(OC)c2C)C[C@@H]1N. The Bertz CT molecular complexity index is 487. The van der Waals surface area contributed by atoms with Crippen LogP contribution in [0.1, 0.15) is 35.7 Å². The number of methoxy groups -OCH3 is 1. The van der Waals surface area contributed by atoms with Crippen molar-refractivity contribution in [3.63, 3.8) is 0 Å². The zero-order valence-corrected chi connectivity index (χ0v) is 12.6. The summed E-state index contributed by atoms with van der Waals surface area (Å²) in [6, 6.07) is 5.70. The summed E-state index contributed by atoms with van der Waals surface area (Å²) in [6.45, 7) is 5.50. The third-order valence-electron chi connectivity index (χ3n) is 4.17. The zero-order valence-electron chi connectivity index (χ0n) is 12.6. The van der Waals surface area contributed by atoms with Crippen LogP contribution in [0.15, 0.2) is 18.2 Å². The Balaban J connectivity index is 2.17. The van der Waals surface area contributed by atoms with Crippen molar-refractivity contribution in [1.82, 2.24) is 4.90 Å². The van der Waals surface area contributed by atoms with Crippen LogP contribution in [0.25, 0.3) is 0 Å². The molecule has 0 unspecified atom stereocenters. The first-order valence-electron chi connectivity index (χ1n) is 7.27. The summed E-state index contributed by atoms with van der Waals surface area (Å²) in [5.41, 5.74) is 7.76. The second kappa shape index (κ2) is 6.27. The molecule has 0 aromatic heterocycles. The van der Waals surface area contributed by atoms with Gasteiger partial charge in [-0.25, -0.2) is 0 Å². The highest BCUT2D eigenvalue weighted by atomic mass is 16.5. The second-order valence-corrected chi connectivity index (χ2v) is 5.56. The molecular formula is C16H24N2O2. The number of carbonyl (C=O) groups is 1. The summed E-state index contributed by atoms with van der Waals surface area (Å²) in [7, 11) is 1.62. The smallest absolute Gasteiger partial charge is 0.254 e. The van der Waals surface area contributed by atoms with Gasteiger partial charge >= 0.3 is 0 Å². The van der Waals surface area contributed by atoms with Crippen LogP contribution in [-0.4, -0.2) is 37.0 Å². The summed E-state index contributed by atoms with van der Waals surface area (Å²) in [5, 5.41) is 0. The Morgan fingerprint density at radius 1 is 1.45 bits per heavy atom. The highest BCUT2D eigenvalue weighted by Crippen LogP contribution is 2.26. The molecule has 0 bridgehead atoms. The Morgan fingerprint density at radius 2 is 2.20 bits per heavy atom. The summed E-state index contributed by atoms with van der Waals surface area (Å²) < 4.78 is 5.28. The quantitative estimate of drug-likeness (QED) is 0.917. The van der Waals surface area contributed by atoms with Crippen LogP contribution < -0.4 is 10.5 Å². The Hall–Kier alpha value is -1.55. The van der Waals surface area contributed by atoms with Crippen molar-refractivity contribution in [1.29, 1.82) is 0 Å². The molecule has 4 nitrogen and oxygen atoms in total. The number of hydrogen-bond donors (Lipinski definition) is 1. The van der Waals surface area contributed by atoms with Crippen molar-refractivity contribution in [2.75, 3.05) is 20.2 Å². The van der Waals surface area contributed by atoms with Crippen molar-refractivity contribution < 1.29 is 9.53 Å². The molecule has 4 heteroatoms. The molecule has 0 spiro atoms. The van der Waals surface area contributed by atoms with Gasteiger partial charge in [0.05, 0.1) is 7.11 Å². The molecule has 20 heavy (non-hydrogen) atoms. The van der Waals surface area contributed by atoms with Crippen molar-refractivity contribution in [2.45, 2.75) is 32.7 Å². The van der Waals surface area contributed by atoms with Crippen molar-refractivity contribution >= 4 is 5.91 Å². The molecule has 0 saturated carbocycles. The first-order chi connectivity index (χ1) is 9.58. The number of carbonyl (C=O) groups excluding carboxylic acids is 1. The van der Waals surface area contributed by atoms with Gasteiger partial charge in [0.2, 0.25) is 0 Å². The van der Waals surface area contributed by atoms with E-state index in [0.717, 1.165) is 30.7 Å². The molecule has 1 aromatic carbocycles. The Labute approximate surface area is 120 Å². The second-order valence-electron chi connectivity index (χ2n) is 5.56. The lowest BCUT2D eigenvalue weighted by molar-refractivity contribution is 0.0784. The summed E-state index contributed by atoms with van der Waals surface area (Å²) in [6.07, 6.45) is 2.20. The van der Waals surface area contributed by atoms with E-state index in [1.54, 1.807) is 7.11 Å². The largest absolute Gasteiger partial charge is 0.496 e. The molecule has 1 aliphatic rings. The third-order valence-corrected chi connectivity index (χ3v) is 4.17. The molecule has 0 aliphatic carbocycles. The molecule has 2 rings (SSSR count). The molecular weight excluding hydrogens is 252 g/mol. The summed E-state index contributed by atoms with van der Waals surface area (Å²) in [5.74, 6) is 1.25. The van der Waals surface area contributed by atoms with E-state index in [-0.39, 0.29) is 11.9 Å². The third kappa shape index (κ3) is 2.80. The molecule has 1 aliphatic heterocycles. The van der Waals surface area contributed by atoms with E-state index in [1.165, 1.54) is 0 Å². The maximum Gasteiger partial charge on any atom is 0.254 e. The van der Waals surface area contributed by atoms with Gasteiger partial charge in [-0.05, 0) is 31.4 Å². The fraction of sp³-hybridized carbons (Fsp3) is 0.562. The number of ether oxygens (including phenoxy) is 1. The molecule has 1 heterocycles. The lowest BCUT2D eigenvalue weighted by Gasteiger charge is -2.18. The van der Waals surface area contributed by atoms with E-state index >= 15 is 0 Å². The van der Waals surface area contributed by atoms with Crippen molar-refractivity contribution in [3.8, 4) is 5.75 Å². The Morgan fingerprint density at radius 3 is 2.85 bits per heavy atom. The Kier molecular flexibility index (Phi) is 4.65. The van der Waals surface area contributed by atoms with Gasteiger partial charge in [0, 0.05) is 30.3 Å². The van der Waals surface area contributed by atoms with Gasteiger partial charge in [0.25, 0.3) is 5.91 Å². The number of likely N-dealkylation sites (tertiary alicyclic amines) is 1. The van der Waals surface area contributed by atoms with Gasteiger partial charge in [-0.15, -0.1) is 0 Å². The number of nitrogens with two attached hydrogens (primary N) is 1. The van der Waals surface area contributed by atoms with E-state index in [1.807, 2.05) is 30.0 Å². The summed E-state index contributed by atoms with van der Waals surface area (Å²) in [4.78, 5) is 14.5. The normalized spacial score (nSPS) is 22.1. The molecule has 2 N–H and O–H groups in total. The van der Waals surface area contributed by atoms with E-state index in [9.17, 15) is 4.79 Å². The number of rotatable bonds is 4. The maximum absolute atomic E-state index is 12.6. The fourth-order valence-electron chi connectivity index (χ4n) is 2.98. The molecule has 0 radical (unpaired) electrons. The number of amides is 1. The molecule has 110 valence electrons. The van der Waals surface area contributed by atoms with E-state index in [2.05, 4.69) is 6.92 Å². The van der Waals surface area contributed by atoms with Crippen LogP contribution >= 0.6 is 0 Å². The molecule has 1 saturated heterocycles. The standard InChI is InChI=1S/C16H24N2O2/c1-4-6-12-9-18(10-14(12)17)16(19)13-7-5-8-15(20-3)11(13)2/h5,7-8,12,14H,4,6,9-10,17H2,1-3H3/t12-,14-/m0/s1. The van der Waals surface area contributed by atoms with Gasteiger partial charge in [-0.1, -0.05) is 19.4 Å². The highest BCUT2D eigenvalue weighted by molar-refractivity contribution is 5.96. The van der Waals surface area contributed by atoms with E-state index in [0.29, 0.717) is 18.0 Å². The van der Waals surface area contributed by atoms with Crippen LogP contribution in [0.5, 0.6) is 5.75 Å². The maximum atomic E-state index is 12.6. The first kappa shape index (κ1) is 14.9. The van der Waals surface area contributed by atoms with Crippen LogP contribution in [-0.2, 0) is 0 Å². The van der Waals surface area contributed by atoms with Crippen LogP contribution in [0.3, 0.4) is 0 Å². The van der Waals surface area contributed by atoms with E-state index in [4.69, 9.17) is 10.5 Å². The minimum atomic E-state index is 0.0652. The highest BCUT2D eigenvalue weighted by Gasteiger charge is 2.33. The molecule has 2 atom stereocenters. The lowest BCUT2D eigenvalue weighted by atomic mass is 9.99. The van der Waals surface area contributed by atoms with Gasteiger partial charge in [-0.2, -0.15) is 0 Å². The zero-order chi connectivity index (χ0) is 14.7. The summed E-state index contributed by atoms with van der Waals surface area (Å²) >= 11 is 0. The average molecular weight is 276 g/mol. The predicted octanol–water partition coefficient (Wildman–Crippen LogP) is 2.20. The van der Waals surface area contributed by atoms with Crippen molar-refractivity contribution in [3.05, 3.63) is 29.3 Å². The predicted molar refractivity (Wildman–Crippen MR) is 80.0 cm³/mol. The number of hydrogen-bond acceptors (Lipinski definition) is 3.